The number of rotatable bonds is 4. The smallest absolute Gasteiger partial charge is 0.137 e. The first-order valence-corrected chi connectivity index (χ1v) is 6.33. The number of carbonyl (C=O) groups is 1. The van der Waals surface area contributed by atoms with Crippen molar-refractivity contribution in [3.05, 3.63) is 35.9 Å². The fraction of sp³-hybridized carbons (Fsp3) is 0.533. The highest BCUT2D eigenvalue weighted by molar-refractivity contribution is 5.83. The zero-order valence-electron chi connectivity index (χ0n) is 9.99. The molecule has 1 aromatic rings. The molecule has 1 heteroatoms. The van der Waals surface area contributed by atoms with Crippen LogP contribution in [0.3, 0.4) is 0 Å². The normalized spacial score (nSPS) is 18.6. The summed E-state index contributed by atoms with van der Waals surface area (Å²) in [5, 5.41) is 0. The SMILES string of the molecule is CC(=O)[C@H](CC1CCCC1)c1ccccc1. The maximum absolute atomic E-state index is 11.7. The molecule has 2 rings (SSSR count). The summed E-state index contributed by atoms with van der Waals surface area (Å²) in [4.78, 5) is 11.7. The van der Waals surface area contributed by atoms with Crippen LogP contribution >= 0.6 is 0 Å². The zero-order valence-corrected chi connectivity index (χ0v) is 9.99. The third-order valence-electron chi connectivity index (χ3n) is 3.74. The molecule has 0 saturated heterocycles. The van der Waals surface area contributed by atoms with Gasteiger partial charge in [0.25, 0.3) is 0 Å². The first kappa shape index (κ1) is 11.4. The molecule has 0 radical (unpaired) electrons. The van der Waals surface area contributed by atoms with E-state index in [1.54, 1.807) is 6.92 Å². The number of ketones is 1. The van der Waals surface area contributed by atoms with Crippen molar-refractivity contribution < 1.29 is 4.79 Å². The van der Waals surface area contributed by atoms with Gasteiger partial charge < -0.3 is 0 Å². The molecule has 1 aliphatic rings. The topological polar surface area (TPSA) is 17.1 Å². The van der Waals surface area contributed by atoms with Crippen LogP contribution in [0.25, 0.3) is 0 Å². The van der Waals surface area contributed by atoms with E-state index >= 15 is 0 Å². The number of Topliss-reactive ketones (excluding diaryl/α,β-unsaturated/α-hetero) is 1. The van der Waals surface area contributed by atoms with Crippen LogP contribution in [0, 0.1) is 5.92 Å². The van der Waals surface area contributed by atoms with Gasteiger partial charge in [-0.15, -0.1) is 0 Å². The lowest BCUT2D eigenvalue weighted by atomic mass is 9.85. The minimum atomic E-state index is 0.129. The molecular weight excluding hydrogens is 196 g/mol. The first-order chi connectivity index (χ1) is 7.77. The van der Waals surface area contributed by atoms with Crippen LogP contribution in [0.1, 0.15) is 50.5 Å². The van der Waals surface area contributed by atoms with Crippen molar-refractivity contribution in [3.8, 4) is 0 Å². The summed E-state index contributed by atoms with van der Waals surface area (Å²) >= 11 is 0. The number of benzene rings is 1. The average molecular weight is 216 g/mol. The van der Waals surface area contributed by atoms with E-state index in [9.17, 15) is 4.79 Å². The largest absolute Gasteiger partial charge is 0.299 e. The molecule has 0 bridgehead atoms. The Morgan fingerprint density at radius 1 is 1.25 bits per heavy atom. The Morgan fingerprint density at radius 3 is 2.44 bits per heavy atom. The van der Waals surface area contributed by atoms with Gasteiger partial charge in [-0.25, -0.2) is 0 Å². The second-order valence-electron chi connectivity index (χ2n) is 4.96. The summed E-state index contributed by atoms with van der Waals surface area (Å²) in [5.74, 6) is 1.22. The molecule has 1 atom stereocenters. The summed E-state index contributed by atoms with van der Waals surface area (Å²) < 4.78 is 0. The lowest BCUT2D eigenvalue weighted by Gasteiger charge is -2.18. The minimum Gasteiger partial charge on any atom is -0.299 e. The predicted octanol–water partition coefficient (Wildman–Crippen LogP) is 3.94. The maximum atomic E-state index is 11.7. The van der Waals surface area contributed by atoms with E-state index in [0.29, 0.717) is 5.78 Å². The fourth-order valence-electron chi connectivity index (χ4n) is 2.80. The third-order valence-corrected chi connectivity index (χ3v) is 3.74. The summed E-state index contributed by atoms with van der Waals surface area (Å²) in [5.41, 5.74) is 1.20. The molecule has 0 unspecified atom stereocenters. The van der Waals surface area contributed by atoms with Crippen molar-refractivity contribution >= 4 is 5.78 Å². The van der Waals surface area contributed by atoms with E-state index in [-0.39, 0.29) is 5.92 Å². The highest BCUT2D eigenvalue weighted by Crippen LogP contribution is 2.34. The molecule has 0 aromatic heterocycles. The Balaban J connectivity index is 2.08. The van der Waals surface area contributed by atoms with Crippen molar-refractivity contribution in [1.82, 2.24) is 0 Å². The number of hydrogen-bond donors (Lipinski definition) is 0. The van der Waals surface area contributed by atoms with E-state index in [1.807, 2.05) is 18.2 Å². The van der Waals surface area contributed by atoms with Crippen molar-refractivity contribution in [2.24, 2.45) is 5.92 Å². The van der Waals surface area contributed by atoms with Crippen LogP contribution in [-0.4, -0.2) is 5.78 Å². The third kappa shape index (κ3) is 2.72. The summed E-state index contributed by atoms with van der Waals surface area (Å²) in [6.45, 7) is 1.73. The van der Waals surface area contributed by atoms with Gasteiger partial charge in [-0.3, -0.25) is 4.79 Å². The second-order valence-corrected chi connectivity index (χ2v) is 4.96. The van der Waals surface area contributed by atoms with Crippen LogP contribution < -0.4 is 0 Å². The molecular formula is C15H20O. The highest BCUT2D eigenvalue weighted by Gasteiger charge is 2.23. The molecule has 0 N–H and O–H groups in total. The van der Waals surface area contributed by atoms with Gasteiger partial charge in [0, 0.05) is 5.92 Å². The summed E-state index contributed by atoms with van der Waals surface area (Å²) in [7, 11) is 0. The lowest BCUT2D eigenvalue weighted by Crippen LogP contribution is -2.12. The number of carbonyl (C=O) groups excluding carboxylic acids is 1. The predicted molar refractivity (Wildman–Crippen MR) is 66.4 cm³/mol. The minimum absolute atomic E-state index is 0.129. The molecule has 1 nitrogen and oxygen atoms in total. The van der Waals surface area contributed by atoms with Crippen LogP contribution in [0.4, 0.5) is 0 Å². The molecule has 16 heavy (non-hydrogen) atoms. The molecule has 1 aromatic carbocycles. The van der Waals surface area contributed by atoms with E-state index < -0.39 is 0 Å². The Bertz CT molecular complexity index is 336. The van der Waals surface area contributed by atoms with Crippen molar-refractivity contribution in [1.29, 1.82) is 0 Å². The van der Waals surface area contributed by atoms with Gasteiger partial charge >= 0.3 is 0 Å². The van der Waals surface area contributed by atoms with E-state index in [1.165, 1.54) is 31.2 Å². The maximum Gasteiger partial charge on any atom is 0.137 e. The van der Waals surface area contributed by atoms with Gasteiger partial charge in [0.15, 0.2) is 0 Å². The molecule has 86 valence electrons. The Morgan fingerprint density at radius 2 is 1.88 bits per heavy atom. The van der Waals surface area contributed by atoms with Crippen LogP contribution in [0.2, 0.25) is 0 Å². The quantitative estimate of drug-likeness (QED) is 0.745. The van der Waals surface area contributed by atoms with E-state index in [2.05, 4.69) is 12.1 Å². The Labute approximate surface area is 97.9 Å². The van der Waals surface area contributed by atoms with Gasteiger partial charge in [0.1, 0.15) is 5.78 Å². The van der Waals surface area contributed by atoms with Crippen LogP contribution in [0.5, 0.6) is 0 Å². The molecule has 0 heterocycles. The van der Waals surface area contributed by atoms with Gasteiger partial charge in [0.2, 0.25) is 0 Å². The Hall–Kier alpha value is -1.11. The van der Waals surface area contributed by atoms with Crippen molar-refractivity contribution in [2.75, 3.05) is 0 Å². The second kappa shape index (κ2) is 5.29. The van der Waals surface area contributed by atoms with E-state index in [4.69, 9.17) is 0 Å². The van der Waals surface area contributed by atoms with Gasteiger partial charge in [-0.05, 0) is 24.8 Å². The van der Waals surface area contributed by atoms with Gasteiger partial charge in [-0.1, -0.05) is 56.0 Å². The van der Waals surface area contributed by atoms with Crippen molar-refractivity contribution in [2.45, 2.75) is 44.9 Å². The lowest BCUT2D eigenvalue weighted by molar-refractivity contribution is -0.118. The molecule has 0 amide bonds. The van der Waals surface area contributed by atoms with Crippen LogP contribution in [0.15, 0.2) is 30.3 Å². The molecule has 1 fully saturated rings. The number of hydrogen-bond acceptors (Lipinski definition) is 1. The summed E-state index contributed by atoms with van der Waals surface area (Å²) in [6, 6.07) is 10.2. The Kier molecular flexibility index (Phi) is 3.76. The first-order valence-electron chi connectivity index (χ1n) is 6.33. The fourth-order valence-corrected chi connectivity index (χ4v) is 2.80. The van der Waals surface area contributed by atoms with Gasteiger partial charge in [-0.2, -0.15) is 0 Å². The highest BCUT2D eigenvalue weighted by atomic mass is 16.1. The average Bonchev–Trinajstić information content (AvgIpc) is 2.79. The van der Waals surface area contributed by atoms with Gasteiger partial charge in [0.05, 0.1) is 0 Å². The van der Waals surface area contributed by atoms with E-state index in [0.717, 1.165) is 12.3 Å². The zero-order chi connectivity index (χ0) is 11.4. The van der Waals surface area contributed by atoms with Crippen molar-refractivity contribution in [3.63, 3.8) is 0 Å². The van der Waals surface area contributed by atoms with Crippen LogP contribution in [-0.2, 0) is 4.79 Å². The molecule has 1 saturated carbocycles. The monoisotopic (exact) mass is 216 g/mol. The standard InChI is InChI=1S/C15H20O/c1-12(16)15(11-13-7-5-6-8-13)14-9-3-2-4-10-14/h2-4,9-10,13,15H,5-8,11H2,1H3/t15-/m0/s1. The molecule has 0 spiro atoms. The molecule has 1 aliphatic carbocycles. The molecule has 0 aliphatic heterocycles. The summed E-state index contributed by atoms with van der Waals surface area (Å²) in [6.07, 6.45) is 6.39.